The molecular formula is C10H15N3O3. The fraction of sp³-hybridized carbons (Fsp3) is 0.400. The summed E-state index contributed by atoms with van der Waals surface area (Å²) in [5, 5.41) is 11.8. The topological polar surface area (TPSA) is 97.5 Å². The molecule has 0 fully saturated rings. The third-order valence-electron chi connectivity index (χ3n) is 1.96. The van der Waals surface area contributed by atoms with E-state index in [1.165, 1.54) is 12.3 Å². The van der Waals surface area contributed by atoms with Crippen LogP contribution in [0.25, 0.3) is 0 Å². The minimum absolute atomic E-state index is 0.0514. The maximum Gasteiger partial charge on any atom is 0.337 e. The second-order valence-electron chi connectivity index (χ2n) is 3.47. The molecule has 0 aliphatic rings. The highest BCUT2D eigenvalue weighted by molar-refractivity contribution is 5.89. The molecule has 0 radical (unpaired) electrons. The van der Waals surface area contributed by atoms with Gasteiger partial charge in [-0.25, -0.2) is 9.78 Å². The zero-order valence-electron chi connectivity index (χ0n) is 9.23. The van der Waals surface area contributed by atoms with Gasteiger partial charge in [-0.2, -0.15) is 0 Å². The molecule has 1 atom stereocenters. The van der Waals surface area contributed by atoms with E-state index in [1.54, 1.807) is 7.11 Å². The molecule has 1 aromatic heterocycles. The Morgan fingerprint density at radius 1 is 1.75 bits per heavy atom. The van der Waals surface area contributed by atoms with Crippen molar-refractivity contribution in [3.05, 3.63) is 17.8 Å². The molecule has 1 rings (SSSR count). The van der Waals surface area contributed by atoms with Gasteiger partial charge in [0.2, 0.25) is 0 Å². The van der Waals surface area contributed by atoms with Crippen molar-refractivity contribution in [1.82, 2.24) is 4.98 Å². The molecule has 16 heavy (non-hydrogen) atoms. The van der Waals surface area contributed by atoms with Gasteiger partial charge in [0.05, 0.1) is 17.9 Å². The van der Waals surface area contributed by atoms with Crippen molar-refractivity contribution >= 4 is 17.5 Å². The van der Waals surface area contributed by atoms with Crippen LogP contribution in [0, 0.1) is 0 Å². The Kier molecular flexibility index (Phi) is 4.07. The number of nitrogens with zero attached hydrogens (tertiary/aromatic N) is 1. The zero-order valence-corrected chi connectivity index (χ0v) is 9.23. The van der Waals surface area contributed by atoms with Crippen LogP contribution in [-0.4, -0.2) is 35.8 Å². The normalized spacial score (nSPS) is 12.1. The molecule has 88 valence electrons. The Bertz CT molecular complexity index is 382. The Balaban J connectivity index is 2.79. The molecule has 1 unspecified atom stereocenters. The van der Waals surface area contributed by atoms with Gasteiger partial charge in [-0.1, -0.05) is 0 Å². The second kappa shape index (κ2) is 5.32. The lowest BCUT2D eigenvalue weighted by Gasteiger charge is -2.14. The number of carbonyl (C=O) groups is 1. The summed E-state index contributed by atoms with van der Waals surface area (Å²) in [5.41, 5.74) is 6.05. The van der Waals surface area contributed by atoms with Crippen molar-refractivity contribution in [2.75, 3.05) is 24.8 Å². The van der Waals surface area contributed by atoms with Gasteiger partial charge in [0.1, 0.15) is 5.82 Å². The van der Waals surface area contributed by atoms with E-state index in [-0.39, 0.29) is 11.6 Å². The van der Waals surface area contributed by atoms with Crippen LogP contribution in [0.5, 0.6) is 0 Å². The van der Waals surface area contributed by atoms with Gasteiger partial charge >= 0.3 is 5.97 Å². The van der Waals surface area contributed by atoms with Crippen LogP contribution >= 0.6 is 0 Å². The average molecular weight is 225 g/mol. The Morgan fingerprint density at radius 2 is 2.44 bits per heavy atom. The number of methoxy groups -OCH3 is 1. The van der Waals surface area contributed by atoms with Crippen LogP contribution in [0.4, 0.5) is 11.5 Å². The molecule has 4 N–H and O–H groups in total. The Hall–Kier alpha value is -1.82. The smallest absolute Gasteiger partial charge is 0.337 e. The zero-order chi connectivity index (χ0) is 12.1. The first-order valence-electron chi connectivity index (χ1n) is 4.79. The van der Waals surface area contributed by atoms with Crippen LogP contribution in [0.2, 0.25) is 0 Å². The quantitative estimate of drug-likeness (QED) is 0.686. The van der Waals surface area contributed by atoms with Crippen molar-refractivity contribution in [2.24, 2.45) is 0 Å². The standard InChI is InChI=1S/C10H15N3O3/c1-6(5-16-2)13-9-8(11)3-7(4-12-9)10(14)15/h3-4,6H,5,11H2,1-2H3,(H,12,13)(H,14,15). The lowest BCUT2D eigenvalue weighted by molar-refractivity contribution is 0.0696. The first kappa shape index (κ1) is 12.3. The van der Waals surface area contributed by atoms with Crippen molar-refractivity contribution in [3.63, 3.8) is 0 Å². The summed E-state index contributed by atoms with van der Waals surface area (Å²) in [5.74, 6) is -0.578. The SMILES string of the molecule is COCC(C)Nc1ncc(C(=O)O)cc1N. The fourth-order valence-corrected chi connectivity index (χ4v) is 1.24. The largest absolute Gasteiger partial charge is 0.478 e. The third kappa shape index (κ3) is 3.09. The third-order valence-corrected chi connectivity index (χ3v) is 1.96. The molecule has 0 aromatic carbocycles. The number of nitrogen functional groups attached to an aromatic ring is 1. The summed E-state index contributed by atoms with van der Waals surface area (Å²) in [6.45, 7) is 2.43. The molecular weight excluding hydrogens is 210 g/mol. The highest BCUT2D eigenvalue weighted by atomic mass is 16.5. The summed E-state index contributed by atoms with van der Waals surface area (Å²) in [7, 11) is 1.60. The van der Waals surface area contributed by atoms with E-state index >= 15 is 0 Å². The number of aromatic nitrogens is 1. The summed E-state index contributed by atoms with van der Waals surface area (Å²) in [4.78, 5) is 14.6. The average Bonchev–Trinajstić information content (AvgIpc) is 2.21. The number of aromatic carboxylic acids is 1. The molecule has 0 aliphatic carbocycles. The van der Waals surface area contributed by atoms with E-state index < -0.39 is 5.97 Å². The fourth-order valence-electron chi connectivity index (χ4n) is 1.24. The number of pyridine rings is 1. The van der Waals surface area contributed by atoms with Crippen molar-refractivity contribution in [3.8, 4) is 0 Å². The van der Waals surface area contributed by atoms with Crippen LogP contribution in [0.1, 0.15) is 17.3 Å². The van der Waals surface area contributed by atoms with Crippen molar-refractivity contribution in [2.45, 2.75) is 13.0 Å². The highest BCUT2D eigenvalue weighted by Gasteiger charge is 2.09. The molecule has 0 saturated heterocycles. The molecule has 1 heterocycles. The minimum atomic E-state index is -1.05. The van der Waals surface area contributed by atoms with E-state index in [0.29, 0.717) is 18.1 Å². The highest BCUT2D eigenvalue weighted by Crippen LogP contribution is 2.17. The summed E-state index contributed by atoms with van der Waals surface area (Å²) in [6, 6.07) is 1.42. The van der Waals surface area contributed by atoms with Gasteiger partial charge < -0.3 is 20.9 Å². The molecule has 1 aromatic rings. The molecule has 0 saturated carbocycles. The Morgan fingerprint density at radius 3 is 2.94 bits per heavy atom. The van der Waals surface area contributed by atoms with Gasteiger partial charge in [-0.3, -0.25) is 0 Å². The molecule has 0 bridgehead atoms. The van der Waals surface area contributed by atoms with Gasteiger partial charge in [-0.05, 0) is 13.0 Å². The van der Waals surface area contributed by atoms with Gasteiger partial charge in [0.25, 0.3) is 0 Å². The number of anilines is 2. The number of hydrogen-bond acceptors (Lipinski definition) is 5. The van der Waals surface area contributed by atoms with Gasteiger partial charge in [-0.15, -0.1) is 0 Å². The summed E-state index contributed by atoms with van der Waals surface area (Å²) >= 11 is 0. The minimum Gasteiger partial charge on any atom is -0.478 e. The Labute approximate surface area is 93.4 Å². The maximum absolute atomic E-state index is 10.7. The number of nitrogens with two attached hydrogens (primary N) is 1. The van der Waals surface area contributed by atoms with E-state index in [0.717, 1.165) is 0 Å². The van der Waals surface area contributed by atoms with Gasteiger partial charge in [0.15, 0.2) is 0 Å². The number of carboxylic acids is 1. The first-order chi connectivity index (χ1) is 7.54. The van der Waals surface area contributed by atoms with Crippen LogP contribution < -0.4 is 11.1 Å². The molecule has 0 spiro atoms. The van der Waals surface area contributed by atoms with E-state index in [1.807, 2.05) is 6.92 Å². The number of hydrogen-bond donors (Lipinski definition) is 3. The lowest BCUT2D eigenvalue weighted by Crippen LogP contribution is -2.22. The molecule has 6 nitrogen and oxygen atoms in total. The van der Waals surface area contributed by atoms with Crippen LogP contribution in [0.3, 0.4) is 0 Å². The predicted molar refractivity (Wildman–Crippen MR) is 60.6 cm³/mol. The second-order valence-corrected chi connectivity index (χ2v) is 3.47. The van der Waals surface area contributed by atoms with E-state index in [9.17, 15) is 4.79 Å². The number of nitrogens with one attached hydrogen (secondary N) is 1. The van der Waals surface area contributed by atoms with Gasteiger partial charge in [0, 0.05) is 19.3 Å². The number of ether oxygens (including phenoxy) is 1. The molecule has 0 aliphatic heterocycles. The van der Waals surface area contributed by atoms with E-state index in [2.05, 4.69) is 10.3 Å². The molecule has 6 heteroatoms. The lowest BCUT2D eigenvalue weighted by atomic mass is 10.2. The summed E-state index contributed by atoms with van der Waals surface area (Å²) in [6.07, 6.45) is 1.26. The van der Waals surface area contributed by atoms with Crippen molar-refractivity contribution in [1.29, 1.82) is 0 Å². The van der Waals surface area contributed by atoms with E-state index in [4.69, 9.17) is 15.6 Å². The number of carboxylic acid groups (broad SMARTS) is 1. The van der Waals surface area contributed by atoms with Crippen LogP contribution in [-0.2, 0) is 4.74 Å². The number of rotatable bonds is 5. The van der Waals surface area contributed by atoms with Crippen LogP contribution in [0.15, 0.2) is 12.3 Å². The monoisotopic (exact) mass is 225 g/mol. The van der Waals surface area contributed by atoms with Crippen molar-refractivity contribution < 1.29 is 14.6 Å². The predicted octanol–water partition coefficient (Wildman–Crippen LogP) is 0.809. The summed E-state index contributed by atoms with van der Waals surface area (Å²) < 4.78 is 4.95. The maximum atomic E-state index is 10.7. The first-order valence-corrected chi connectivity index (χ1v) is 4.79. The molecule has 0 amide bonds.